The molecule has 0 spiro atoms. The molecular weight excluding hydrogens is 294 g/mol. The van der Waals surface area contributed by atoms with Crippen LogP contribution in [-0.2, 0) is 17.6 Å². The van der Waals surface area contributed by atoms with E-state index in [1.54, 1.807) is 7.11 Å². The average Bonchev–Trinajstić information content (AvgIpc) is 3.03. The van der Waals surface area contributed by atoms with Gasteiger partial charge < -0.3 is 19.5 Å². The van der Waals surface area contributed by atoms with Gasteiger partial charge in [-0.2, -0.15) is 0 Å². The SMILES string of the molecule is COc1ccc(CCNC(=O)Cc2ccc3c(c2)OCO3)cc1. The molecule has 0 saturated carbocycles. The number of carbonyl (C=O) groups is 1. The predicted molar refractivity (Wildman–Crippen MR) is 86.0 cm³/mol. The maximum atomic E-state index is 12.0. The Balaban J connectivity index is 1.46. The maximum Gasteiger partial charge on any atom is 0.231 e. The Kier molecular flexibility index (Phi) is 4.66. The van der Waals surface area contributed by atoms with Gasteiger partial charge in [0.2, 0.25) is 12.7 Å². The number of rotatable bonds is 6. The van der Waals surface area contributed by atoms with Crippen molar-refractivity contribution in [3.63, 3.8) is 0 Å². The molecule has 2 aromatic rings. The molecule has 1 aliphatic heterocycles. The molecule has 23 heavy (non-hydrogen) atoms. The molecule has 5 heteroatoms. The number of ether oxygens (including phenoxy) is 3. The van der Waals surface area contributed by atoms with Crippen molar-refractivity contribution in [1.82, 2.24) is 5.32 Å². The number of benzene rings is 2. The van der Waals surface area contributed by atoms with E-state index in [1.165, 1.54) is 0 Å². The fraction of sp³-hybridized carbons (Fsp3) is 0.278. The van der Waals surface area contributed by atoms with E-state index in [4.69, 9.17) is 14.2 Å². The quantitative estimate of drug-likeness (QED) is 0.889. The van der Waals surface area contributed by atoms with E-state index in [-0.39, 0.29) is 12.7 Å². The van der Waals surface area contributed by atoms with Gasteiger partial charge in [-0.15, -0.1) is 0 Å². The lowest BCUT2D eigenvalue weighted by Gasteiger charge is -2.07. The van der Waals surface area contributed by atoms with Crippen LogP contribution in [0.2, 0.25) is 0 Å². The van der Waals surface area contributed by atoms with Crippen LogP contribution in [0, 0.1) is 0 Å². The Morgan fingerprint density at radius 3 is 2.61 bits per heavy atom. The molecule has 1 amide bonds. The first-order valence-corrected chi connectivity index (χ1v) is 7.53. The van der Waals surface area contributed by atoms with Crippen molar-refractivity contribution in [2.24, 2.45) is 0 Å². The van der Waals surface area contributed by atoms with Crippen LogP contribution in [0.1, 0.15) is 11.1 Å². The summed E-state index contributed by atoms with van der Waals surface area (Å²) < 4.78 is 15.7. The molecule has 3 rings (SSSR count). The molecule has 1 aliphatic rings. The lowest BCUT2D eigenvalue weighted by molar-refractivity contribution is -0.120. The second kappa shape index (κ2) is 7.05. The molecule has 0 aromatic heterocycles. The first-order valence-electron chi connectivity index (χ1n) is 7.53. The van der Waals surface area contributed by atoms with Gasteiger partial charge in [0.15, 0.2) is 11.5 Å². The minimum Gasteiger partial charge on any atom is -0.497 e. The molecule has 0 bridgehead atoms. The van der Waals surface area contributed by atoms with Crippen LogP contribution in [0.4, 0.5) is 0 Å². The number of nitrogens with one attached hydrogen (secondary N) is 1. The average molecular weight is 313 g/mol. The van der Waals surface area contributed by atoms with Gasteiger partial charge in [0, 0.05) is 6.54 Å². The highest BCUT2D eigenvalue weighted by atomic mass is 16.7. The van der Waals surface area contributed by atoms with Crippen LogP contribution >= 0.6 is 0 Å². The number of methoxy groups -OCH3 is 1. The number of carbonyl (C=O) groups excluding carboxylic acids is 1. The zero-order valence-corrected chi connectivity index (χ0v) is 13.0. The summed E-state index contributed by atoms with van der Waals surface area (Å²) in [5.41, 5.74) is 2.07. The normalized spacial score (nSPS) is 12.0. The fourth-order valence-electron chi connectivity index (χ4n) is 2.44. The number of hydrogen-bond donors (Lipinski definition) is 1. The smallest absolute Gasteiger partial charge is 0.231 e. The molecule has 0 aliphatic carbocycles. The summed E-state index contributed by atoms with van der Waals surface area (Å²) in [6.07, 6.45) is 1.12. The van der Waals surface area contributed by atoms with Gasteiger partial charge in [0.05, 0.1) is 13.5 Å². The summed E-state index contributed by atoms with van der Waals surface area (Å²) in [5.74, 6) is 2.26. The van der Waals surface area contributed by atoms with Crippen LogP contribution in [-0.4, -0.2) is 26.4 Å². The summed E-state index contributed by atoms with van der Waals surface area (Å²) in [4.78, 5) is 12.0. The molecule has 120 valence electrons. The van der Waals surface area contributed by atoms with Crippen molar-refractivity contribution in [3.8, 4) is 17.2 Å². The Labute approximate surface area is 135 Å². The molecule has 0 saturated heterocycles. The molecule has 0 unspecified atom stereocenters. The molecule has 5 nitrogen and oxygen atoms in total. The van der Waals surface area contributed by atoms with Crippen LogP contribution in [0.3, 0.4) is 0 Å². The van der Waals surface area contributed by atoms with Gasteiger partial charge >= 0.3 is 0 Å². The zero-order chi connectivity index (χ0) is 16.1. The van der Waals surface area contributed by atoms with Crippen molar-refractivity contribution >= 4 is 5.91 Å². The molecule has 0 atom stereocenters. The van der Waals surface area contributed by atoms with E-state index in [0.717, 1.165) is 29.0 Å². The summed E-state index contributed by atoms with van der Waals surface area (Å²) in [6, 6.07) is 13.4. The van der Waals surface area contributed by atoms with E-state index >= 15 is 0 Å². The molecular formula is C18H19NO4. The lowest BCUT2D eigenvalue weighted by Crippen LogP contribution is -2.27. The molecule has 1 N–H and O–H groups in total. The van der Waals surface area contributed by atoms with Gasteiger partial charge in [-0.1, -0.05) is 18.2 Å². The first-order chi connectivity index (χ1) is 11.2. The van der Waals surface area contributed by atoms with Crippen molar-refractivity contribution in [1.29, 1.82) is 0 Å². The summed E-state index contributed by atoms with van der Waals surface area (Å²) in [7, 11) is 1.64. The monoisotopic (exact) mass is 313 g/mol. The van der Waals surface area contributed by atoms with Gasteiger partial charge in [-0.25, -0.2) is 0 Å². The van der Waals surface area contributed by atoms with Crippen LogP contribution < -0.4 is 19.5 Å². The maximum absolute atomic E-state index is 12.0. The van der Waals surface area contributed by atoms with Crippen LogP contribution in [0.25, 0.3) is 0 Å². The van der Waals surface area contributed by atoms with Gasteiger partial charge in [-0.3, -0.25) is 4.79 Å². The van der Waals surface area contributed by atoms with Crippen LogP contribution in [0.5, 0.6) is 17.2 Å². The van der Waals surface area contributed by atoms with Gasteiger partial charge in [0.1, 0.15) is 5.75 Å². The highest BCUT2D eigenvalue weighted by Gasteiger charge is 2.14. The van der Waals surface area contributed by atoms with Crippen molar-refractivity contribution in [3.05, 3.63) is 53.6 Å². The van der Waals surface area contributed by atoms with E-state index in [1.807, 2.05) is 42.5 Å². The molecule has 0 fully saturated rings. The highest BCUT2D eigenvalue weighted by molar-refractivity contribution is 5.78. The summed E-state index contributed by atoms with van der Waals surface area (Å²) >= 11 is 0. The fourth-order valence-corrected chi connectivity index (χ4v) is 2.44. The van der Waals surface area contributed by atoms with Crippen molar-refractivity contribution in [2.75, 3.05) is 20.4 Å². The largest absolute Gasteiger partial charge is 0.497 e. The minimum absolute atomic E-state index is 0.00243. The highest BCUT2D eigenvalue weighted by Crippen LogP contribution is 2.32. The number of hydrogen-bond acceptors (Lipinski definition) is 4. The number of amides is 1. The van der Waals surface area contributed by atoms with E-state index < -0.39 is 0 Å². The van der Waals surface area contributed by atoms with Crippen molar-refractivity contribution in [2.45, 2.75) is 12.8 Å². The second-order valence-corrected chi connectivity index (χ2v) is 5.31. The second-order valence-electron chi connectivity index (χ2n) is 5.31. The summed E-state index contributed by atoms with van der Waals surface area (Å²) in [6.45, 7) is 0.850. The predicted octanol–water partition coefficient (Wildman–Crippen LogP) is 2.33. The van der Waals surface area contributed by atoms with Crippen LogP contribution in [0.15, 0.2) is 42.5 Å². The van der Waals surface area contributed by atoms with Gasteiger partial charge in [0.25, 0.3) is 0 Å². The Morgan fingerprint density at radius 1 is 1.09 bits per heavy atom. The lowest BCUT2D eigenvalue weighted by atomic mass is 10.1. The Bertz CT molecular complexity index is 682. The third kappa shape index (κ3) is 3.94. The molecule has 2 aromatic carbocycles. The zero-order valence-electron chi connectivity index (χ0n) is 13.0. The summed E-state index contributed by atoms with van der Waals surface area (Å²) in [5, 5.41) is 2.93. The third-order valence-corrected chi connectivity index (χ3v) is 3.70. The van der Waals surface area contributed by atoms with E-state index in [0.29, 0.717) is 18.7 Å². The van der Waals surface area contributed by atoms with Gasteiger partial charge in [-0.05, 0) is 41.8 Å². The standard InChI is InChI=1S/C18H19NO4/c1-21-15-5-2-13(3-6-15)8-9-19-18(20)11-14-4-7-16-17(10-14)23-12-22-16/h2-7,10H,8-9,11-12H2,1H3,(H,19,20). The first kappa shape index (κ1) is 15.2. The Morgan fingerprint density at radius 2 is 1.83 bits per heavy atom. The molecule has 0 radical (unpaired) electrons. The molecule has 1 heterocycles. The van der Waals surface area contributed by atoms with Crippen molar-refractivity contribution < 1.29 is 19.0 Å². The topological polar surface area (TPSA) is 56.8 Å². The number of fused-ring (bicyclic) bond motifs is 1. The third-order valence-electron chi connectivity index (χ3n) is 3.70. The van der Waals surface area contributed by atoms with E-state index in [9.17, 15) is 4.79 Å². The Hall–Kier alpha value is -2.69. The van der Waals surface area contributed by atoms with E-state index in [2.05, 4.69) is 5.32 Å². The minimum atomic E-state index is -0.00243.